The quantitative estimate of drug-likeness (QED) is 0.659. The Morgan fingerprint density at radius 2 is 1.37 bits per heavy atom. The van der Waals surface area contributed by atoms with Crippen LogP contribution in [0.5, 0.6) is 0 Å². The van der Waals surface area contributed by atoms with E-state index in [0.29, 0.717) is 4.20 Å². The zero-order chi connectivity index (χ0) is 13.9. The number of hydrogen-bond acceptors (Lipinski definition) is 2. The van der Waals surface area contributed by atoms with E-state index in [2.05, 4.69) is 12.6 Å². The minimum absolute atomic E-state index is 0.268. The molecule has 2 aromatic rings. The number of rotatable bonds is 4. The van der Waals surface area contributed by atoms with Crippen LogP contribution in [-0.4, -0.2) is 9.30 Å². The van der Waals surface area contributed by atoms with E-state index in [9.17, 15) is 5.11 Å². The molecular formula is C16H16OS2. The average molecular weight is 288 g/mol. The van der Waals surface area contributed by atoms with E-state index in [1.165, 1.54) is 0 Å². The normalized spacial score (nSPS) is 13.0. The van der Waals surface area contributed by atoms with Crippen LogP contribution in [0.4, 0.5) is 0 Å². The lowest BCUT2D eigenvalue weighted by Crippen LogP contribution is -2.37. The molecule has 2 rings (SSSR count). The summed E-state index contributed by atoms with van der Waals surface area (Å²) in [5.74, 6) is -0.268. The van der Waals surface area contributed by atoms with Crippen LogP contribution < -0.4 is 0 Å². The molecule has 0 heterocycles. The maximum absolute atomic E-state index is 11.3. The monoisotopic (exact) mass is 288 g/mol. The Bertz CT molecular complexity index is 512. The minimum Gasteiger partial charge on any atom is -0.380 e. The molecule has 1 nitrogen and oxygen atoms in total. The van der Waals surface area contributed by atoms with Crippen molar-refractivity contribution in [2.45, 2.75) is 12.5 Å². The molecule has 3 heteroatoms. The molecule has 0 aliphatic carbocycles. The van der Waals surface area contributed by atoms with Crippen molar-refractivity contribution < 1.29 is 5.11 Å². The van der Waals surface area contributed by atoms with Gasteiger partial charge in [0.1, 0.15) is 5.60 Å². The van der Waals surface area contributed by atoms with Gasteiger partial charge in [-0.15, -0.1) is 12.6 Å². The van der Waals surface area contributed by atoms with Crippen molar-refractivity contribution in [3.05, 3.63) is 71.8 Å². The Balaban J connectivity index is 2.61. The molecule has 0 radical (unpaired) electrons. The van der Waals surface area contributed by atoms with Crippen LogP contribution in [0.25, 0.3) is 0 Å². The molecule has 0 aliphatic heterocycles. The predicted octanol–water partition coefficient (Wildman–Crippen LogP) is 3.82. The van der Waals surface area contributed by atoms with Gasteiger partial charge in [-0.2, -0.15) is 0 Å². The molecule has 1 N–H and O–H groups in total. The third-order valence-electron chi connectivity index (χ3n) is 3.42. The summed E-state index contributed by atoms with van der Waals surface area (Å²) in [5.41, 5.74) is 0.497. The van der Waals surface area contributed by atoms with Gasteiger partial charge < -0.3 is 5.11 Å². The van der Waals surface area contributed by atoms with E-state index in [1.807, 2.05) is 67.6 Å². The highest BCUT2D eigenvalue weighted by molar-refractivity contribution is 8.11. The Morgan fingerprint density at radius 1 is 1.00 bits per heavy atom. The first kappa shape index (κ1) is 14.3. The SMILES string of the molecule is C[C@@H](C(=S)S)C(O)(c1ccccc1)c1ccccc1. The first-order valence-electron chi connectivity index (χ1n) is 6.13. The summed E-state index contributed by atoms with van der Waals surface area (Å²) in [4.78, 5) is 0. The van der Waals surface area contributed by atoms with Crippen LogP contribution >= 0.6 is 24.8 Å². The van der Waals surface area contributed by atoms with Crippen LogP contribution in [0.15, 0.2) is 60.7 Å². The summed E-state index contributed by atoms with van der Waals surface area (Å²) in [7, 11) is 0. The first-order valence-corrected chi connectivity index (χ1v) is 6.98. The van der Waals surface area contributed by atoms with Gasteiger partial charge in [0.25, 0.3) is 0 Å². The van der Waals surface area contributed by atoms with Crippen LogP contribution in [0, 0.1) is 5.92 Å². The fourth-order valence-corrected chi connectivity index (χ4v) is 2.59. The maximum Gasteiger partial charge on any atom is 0.122 e. The summed E-state index contributed by atoms with van der Waals surface area (Å²) in [6.07, 6.45) is 0. The zero-order valence-electron chi connectivity index (χ0n) is 10.7. The summed E-state index contributed by atoms with van der Waals surface area (Å²) in [6.45, 7) is 1.90. The summed E-state index contributed by atoms with van der Waals surface area (Å²) in [5, 5.41) is 11.3. The number of thiol groups is 1. The molecule has 0 amide bonds. The van der Waals surface area contributed by atoms with Crippen LogP contribution in [0.1, 0.15) is 18.1 Å². The lowest BCUT2D eigenvalue weighted by molar-refractivity contribution is 0.0528. The standard InChI is InChI=1S/C16H16OS2/c1-12(15(18)19)16(17,13-8-4-2-5-9-13)14-10-6-3-7-11-14/h2-12,17H,1H3,(H,18,19)/t12-/m0/s1. The molecule has 0 aromatic heterocycles. The Morgan fingerprint density at radius 3 is 1.68 bits per heavy atom. The number of thiocarbonyl (C=S) groups is 1. The number of aliphatic hydroxyl groups is 1. The van der Waals surface area contributed by atoms with E-state index in [1.54, 1.807) is 0 Å². The lowest BCUT2D eigenvalue weighted by Gasteiger charge is -2.34. The largest absolute Gasteiger partial charge is 0.380 e. The smallest absolute Gasteiger partial charge is 0.122 e. The Hall–Kier alpha value is -1.16. The summed E-state index contributed by atoms with van der Waals surface area (Å²) in [6, 6.07) is 19.2. The second kappa shape index (κ2) is 5.87. The molecule has 0 spiro atoms. The van der Waals surface area contributed by atoms with Gasteiger partial charge in [0.2, 0.25) is 0 Å². The number of hydrogen-bond donors (Lipinski definition) is 2. The van der Waals surface area contributed by atoms with Crippen molar-refractivity contribution in [3.8, 4) is 0 Å². The summed E-state index contributed by atoms with van der Waals surface area (Å²) < 4.78 is 0.496. The Labute approximate surface area is 124 Å². The molecule has 0 saturated heterocycles. The summed E-state index contributed by atoms with van der Waals surface area (Å²) >= 11 is 9.43. The third-order valence-corrected chi connectivity index (χ3v) is 4.17. The molecular weight excluding hydrogens is 272 g/mol. The topological polar surface area (TPSA) is 20.2 Å². The van der Waals surface area contributed by atoms with E-state index >= 15 is 0 Å². The molecule has 1 atom stereocenters. The van der Waals surface area contributed by atoms with Crippen molar-refractivity contribution in [2.75, 3.05) is 0 Å². The third kappa shape index (κ3) is 2.73. The second-order valence-electron chi connectivity index (χ2n) is 4.56. The van der Waals surface area contributed by atoms with Gasteiger partial charge in [-0.1, -0.05) is 79.8 Å². The highest BCUT2D eigenvalue weighted by Crippen LogP contribution is 2.38. The van der Waals surface area contributed by atoms with Gasteiger partial charge in [0, 0.05) is 5.92 Å². The van der Waals surface area contributed by atoms with E-state index in [-0.39, 0.29) is 5.92 Å². The maximum atomic E-state index is 11.3. The molecule has 0 saturated carbocycles. The van der Waals surface area contributed by atoms with Crippen molar-refractivity contribution in [1.82, 2.24) is 0 Å². The minimum atomic E-state index is -1.15. The van der Waals surface area contributed by atoms with Gasteiger partial charge >= 0.3 is 0 Å². The molecule has 98 valence electrons. The Kier molecular flexibility index (Phi) is 4.40. The fourth-order valence-electron chi connectivity index (χ4n) is 2.23. The van der Waals surface area contributed by atoms with Crippen LogP contribution in [0.2, 0.25) is 0 Å². The highest BCUT2D eigenvalue weighted by atomic mass is 32.1. The number of benzene rings is 2. The lowest BCUT2D eigenvalue weighted by atomic mass is 9.77. The van der Waals surface area contributed by atoms with Crippen LogP contribution in [0.3, 0.4) is 0 Å². The van der Waals surface area contributed by atoms with Gasteiger partial charge in [-0.3, -0.25) is 0 Å². The second-order valence-corrected chi connectivity index (χ2v) is 5.78. The van der Waals surface area contributed by atoms with Crippen molar-refractivity contribution in [3.63, 3.8) is 0 Å². The van der Waals surface area contributed by atoms with Crippen LogP contribution in [-0.2, 0) is 5.60 Å². The molecule has 2 aromatic carbocycles. The van der Waals surface area contributed by atoms with E-state index in [4.69, 9.17) is 12.2 Å². The van der Waals surface area contributed by atoms with Crippen molar-refractivity contribution in [2.24, 2.45) is 5.92 Å². The van der Waals surface area contributed by atoms with Gasteiger partial charge in [-0.25, -0.2) is 0 Å². The first-order chi connectivity index (χ1) is 9.06. The fraction of sp³-hybridized carbons (Fsp3) is 0.188. The van der Waals surface area contributed by atoms with Crippen molar-refractivity contribution >= 4 is 29.0 Å². The van der Waals surface area contributed by atoms with Gasteiger partial charge in [0.15, 0.2) is 0 Å². The van der Waals surface area contributed by atoms with E-state index in [0.717, 1.165) is 11.1 Å². The highest BCUT2D eigenvalue weighted by Gasteiger charge is 2.38. The van der Waals surface area contributed by atoms with Gasteiger partial charge in [-0.05, 0) is 11.1 Å². The zero-order valence-corrected chi connectivity index (χ0v) is 12.4. The predicted molar refractivity (Wildman–Crippen MR) is 86.6 cm³/mol. The van der Waals surface area contributed by atoms with Gasteiger partial charge in [0.05, 0.1) is 4.20 Å². The molecule has 0 fully saturated rings. The average Bonchev–Trinajstić information content (AvgIpc) is 2.47. The molecule has 0 aliphatic rings. The van der Waals surface area contributed by atoms with E-state index < -0.39 is 5.60 Å². The molecule has 0 unspecified atom stereocenters. The molecule has 0 bridgehead atoms. The van der Waals surface area contributed by atoms with Crippen molar-refractivity contribution in [1.29, 1.82) is 0 Å². The molecule has 19 heavy (non-hydrogen) atoms.